The third kappa shape index (κ3) is 3.97. The number of amides is 3. The Kier molecular flexibility index (Phi) is 5.14. The van der Waals surface area contributed by atoms with Crippen molar-refractivity contribution < 1.29 is 19.1 Å². The smallest absolute Gasteiger partial charge is 0.356 e. The average molecular weight is 315 g/mol. The van der Waals surface area contributed by atoms with Crippen molar-refractivity contribution in [2.75, 3.05) is 7.05 Å². The third-order valence-electron chi connectivity index (χ3n) is 3.18. The van der Waals surface area contributed by atoms with Gasteiger partial charge < -0.3 is 14.6 Å². The first-order valence-corrected chi connectivity index (χ1v) is 6.92. The quantitative estimate of drug-likeness (QED) is 0.834. The van der Waals surface area contributed by atoms with Crippen molar-refractivity contribution in [1.82, 2.24) is 15.2 Å². The van der Waals surface area contributed by atoms with Gasteiger partial charge in [-0.25, -0.2) is 9.59 Å². The maximum Gasteiger partial charge on any atom is 0.356 e. The summed E-state index contributed by atoms with van der Waals surface area (Å²) in [5.74, 6) is -1.38. The lowest BCUT2D eigenvalue weighted by atomic mass is 10.1. The molecule has 0 unspecified atom stereocenters. The van der Waals surface area contributed by atoms with Crippen LogP contribution in [0.4, 0.5) is 4.79 Å². The Morgan fingerprint density at radius 2 is 1.78 bits per heavy atom. The summed E-state index contributed by atoms with van der Waals surface area (Å²) in [5, 5.41) is 4.40. The zero-order chi connectivity index (χ0) is 16.8. The van der Waals surface area contributed by atoms with Crippen molar-refractivity contribution in [3.05, 3.63) is 59.9 Å². The third-order valence-corrected chi connectivity index (χ3v) is 3.18. The minimum atomic E-state index is -1.23. The molecule has 2 aromatic rings. The van der Waals surface area contributed by atoms with E-state index in [-0.39, 0.29) is 0 Å². The zero-order valence-corrected chi connectivity index (χ0v) is 12.8. The van der Waals surface area contributed by atoms with Crippen LogP contribution in [-0.2, 0) is 16.6 Å². The Morgan fingerprint density at radius 1 is 1.09 bits per heavy atom. The van der Waals surface area contributed by atoms with Gasteiger partial charge in [-0.2, -0.15) is 0 Å². The highest BCUT2D eigenvalue weighted by molar-refractivity contribution is 5.98. The molecule has 1 aromatic carbocycles. The van der Waals surface area contributed by atoms with E-state index in [0.717, 1.165) is 0 Å². The molecule has 2 N–H and O–H groups in total. The van der Waals surface area contributed by atoms with Crippen molar-refractivity contribution in [3.63, 3.8) is 0 Å². The summed E-state index contributed by atoms with van der Waals surface area (Å²) in [4.78, 5) is 35.8. The number of aromatic nitrogens is 1. The largest absolute Gasteiger partial charge is 0.443 e. The van der Waals surface area contributed by atoms with Crippen LogP contribution in [0.3, 0.4) is 0 Å². The Morgan fingerprint density at radius 3 is 2.35 bits per heavy atom. The highest BCUT2D eigenvalue weighted by atomic mass is 16.5. The molecule has 7 nitrogen and oxygen atoms in total. The lowest BCUT2D eigenvalue weighted by Crippen LogP contribution is -2.41. The second kappa shape index (κ2) is 7.26. The number of hydrogen-bond acceptors (Lipinski definition) is 4. The number of aryl methyl sites for hydroxylation is 1. The van der Waals surface area contributed by atoms with Crippen LogP contribution in [0.1, 0.15) is 22.2 Å². The molecule has 0 fully saturated rings. The molecule has 120 valence electrons. The van der Waals surface area contributed by atoms with Gasteiger partial charge in [-0.05, 0) is 12.1 Å². The lowest BCUT2D eigenvalue weighted by Gasteiger charge is -2.17. The van der Waals surface area contributed by atoms with Crippen molar-refractivity contribution >= 4 is 17.9 Å². The molecule has 0 aliphatic carbocycles. The zero-order valence-electron chi connectivity index (χ0n) is 12.8. The number of nitrogens with one attached hydrogen (secondary N) is 2. The minimum absolute atomic E-state index is 0.304. The first-order chi connectivity index (χ1) is 11.0. The van der Waals surface area contributed by atoms with E-state index in [2.05, 4.69) is 10.6 Å². The number of carbonyl (C=O) groups is 3. The number of urea groups is 1. The van der Waals surface area contributed by atoms with Gasteiger partial charge in [-0.1, -0.05) is 30.3 Å². The van der Waals surface area contributed by atoms with Gasteiger partial charge in [-0.15, -0.1) is 0 Å². The van der Waals surface area contributed by atoms with Crippen LogP contribution in [0.2, 0.25) is 0 Å². The second-order valence-corrected chi connectivity index (χ2v) is 4.77. The van der Waals surface area contributed by atoms with E-state index in [0.29, 0.717) is 11.3 Å². The van der Waals surface area contributed by atoms with Crippen LogP contribution in [0, 0.1) is 0 Å². The maximum atomic E-state index is 12.2. The van der Waals surface area contributed by atoms with Gasteiger partial charge in [0.1, 0.15) is 5.69 Å². The minimum Gasteiger partial charge on any atom is -0.443 e. The Labute approximate surface area is 133 Å². The molecule has 1 aromatic heterocycles. The standard InChI is InChI=1S/C16H17N3O4/c1-17-16(22)18-14(20)13(11-7-4-3-5-8-11)23-15(21)12-9-6-10-19(12)2/h3-10,13H,1-2H3,(H2,17,18,20,22)/t13-/m1/s1. The fraction of sp³-hybridized carbons (Fsp3) is 0.188. The van der Waals surface area contributed by atoms with Gasteiger partial charge in [-0.3, -0.25) is 10.1 Å². The average Bonchev–Trinajstić information content (AvgIpc) is 2.99. The molecule has 2 rings (SSSR count). The van der Waals surface area contributed by atoms with E-state index < -0.39 is 24.0 Å². The topological polar surface area (TPSA) is 89.4 Å². The summed E-state index contributed by atoms with van der Waals surface area (Å²) in [6.45, 7) is 0. The van der Waals surface area contributed by atoms with Crippen molar-refractivity contribution in [2.24, 2.45) is 7.05 Å². The molecule has 0 spiro atoms. The molecule has 3 amide bonds. The molecule has 0 aliphatic heterocycles. The summed E-state index contributed by atoms with van der Waals surface area (Å²) in [7, 11) is 3.08. The summed E-state index contributed by atoms with van der Waals surface area (Å²) >= 11 is 0. The van der Waals surface area contributed by atoms with E-state index >= 15 is 0 Å². The predicted molar refractivity (Wildman–Crippen MR) is 82.6 cm³/mol. The van der Waals surface area contributed by atoms with E-state index in [1.165, 1.54) is 7.05 Å². The summed E-state index contributed by atoms with van der Waals surface area (Å²) in [6, 6.07) is 11.1. The normalized spacial score (nSPS) is 11.4. The van der Waals surface area contributed by atoms with Gasteiger partial charge in [0.25, 0.3) is 5.91 Å². The molecule has 0 bridgehead atoms. The number of hydrogen-bond donors (Lipinski definition) is 2. The maximum absolute atomic E-state index is 12.2. The molecule has 1 heterocycles. The Hall–Kier alpha value is -3.09. The fourth-order valence-electron chi connectivity index (χ4n) is 1.98. The Balaban J connectivity index is 2.23. The number of carbonyl (C=O) groups excluding carboxylic acids is 3. The molecule has 23 heavy (non-hydrogen) atoms. The van der Waals surface area contributed by atoms with E-state index in [9.17, 15) is 14.4 Å². The molecule has 0 saturated heterocycles. The monoisotopic (exact) mass is 315 g/mol. The number of benzene rings is 1. The summed E-state index contributed by atoms with van der Waals surface area (Å²) in [6.07, 6.45) is 0.467. The fourth-order valence-corrected chi connectivity index (χ4v) is 1.98. The second-order valence-electron chi connectivity index (χ2n) is 4.77. The van der Waals surface area contributed by atoms with Crippen molar-refractivity contribution in [3.8, 4) is 0 Å². The van der Waals surface area contributed by atoms with Gasteiger partial charge in [0, 0.05) is 25.9 Å². The first-order valence-electron chi connectivity index (χ1n) is 6.92. The van der Waals surface area contributed by atoms with Crippen LogP contribution in [-0.4, -0.2) is 29.5 Å². The van der Waals surface area contributed by atoms with Gasteiger partial charge in [0.15, 0.2) is 0 Å². The van der Waals surface area contributed by atoms with E-state index in [4.69, 9.17) is 4.74 Å². The number of esters is 1. The molecule has 0 saturated carbocycles. The van der Waals surface area contributed by atoms with E-state index in [1.807, 2.05) is 0 Å². The van der Waals surface area contributed by atoms with Crippen molar-refractivity contribution in [1.29, 1.82) is 0 Å². The molecular weight excluding hydrogens is 298 g/mol. The number of imide groups is 1. The highest BCUT2D eigenvalue weighted by Gasteiger charge is 2.27. The van der Waals surface area contributed by atoms with Crippen LogP contribution < -0.4 is 10.6 Å². The van der Waals surface area contributed by atoms with Gasteiger partial charge in [0.05, 0.1) is 0 Å². The van der Waals surface area contributed by atoms with Gasteiger partial charge in [0.2, 0.25) is 6.10 Å². The number of nitrogens with zero attached hydrogens (tertiary/aromatic N) is 1. The number of rotatable bonds is 4. The van der Waals surface area contributed by atoms with Crippen LogP contribution in [0.25, 0.3) is 0 Å². The predicted octanol–water partition coefficient (Wildman–Crippen LogP) is 1.38. The Bertz CT molecular complexity index is 709. The highest BCUT2D eigenvalue weighted by Crippen LogP contribution is 2.19. The molecule has 0 radical (unpaired) electrons. The van der Waals surface area contributed by atoms with Crippen LogP contribution >= 0.6 is 0 Å². The SMILES string of the molecule is CNC(=O)NC(=O)[C@H](OC(=O)c1cccn1C)c1ccccc1. The van der Waals surface area contributed by atoms with Crippen molar-refractivity contribution in [2.45, 2.75) is 6.10 Å². The lowest BCUT2D eigenvalue weighted by molar-refractivity contribution is -0.129. The summed E-state index contributed by atoms with van der Waals surface area (Å²) < 4.78 is 6.90. The molecule has 0 aliphatic rings. The molecule has 7 heteroatoms. The molecule has 1 atom stereocenters. The van der Waals surface area contributed by atoms with E-state index in [1.54, 1.807) is 60.3 Å². The first kappa shape index (κ1) is 16.3. The molecular formula is C16H17N3O4. The summed E-state index contributed by atoms with van der Waals surface area (Å²) in [5.41, 5.74) is 0.773. The van der Waals surface area contributed by atoms with Gasteiger partial charge >= 0.3 is 12.0 Å². The van der Waals surface area contributed by atoms with Crippen LogP contribution in [0.15, 0.2) is 48.7 Å². The van der Waals surface area contributed by atoms with Crippen LogP contribution in [0.5, 0.6) is 0 Å². The number of ether oxygens (including phenoxy) is 1.